The highest BCUT2D eigenvalue weighted by atomic mass is 32.1. The zero-order valence-corrected chi connectivity index (χ0v) is 26.0. The molecule has 0 bridgehead atoms. The van der Waals surface area contributed by atoms with Crippen molar-refractivity contribution >= 4 is 80.1 Å². The van der Waals surface area contributed by atoms with E-state index in [4.69, 9.17) is 0 Å². The van der Waals surface area contributed by atoms with Gasteiger partial charge >= 0.3 is 0 Å². The molecule has 0 atom stereocenters. The highest BCUT2D eigenvalue weighted by Gasteiger charge is 2.20. The van der Waals surface area contributed by atoms with Gasteiger partial charge in [-0.25, -0.2) is 0 Å². The maximum absolute atomic E-state index is 2.41. The first-order chi connectivity index (χ1) is 22.3. The van der Waals surface area contributed by atoms with Crippen molar-refractivity contribution in [2.24, 2.45) is 0 Å². The lowest BCUT2D eigenvalue weighted by Crippen LogP contribution is -2.10. The fourth-order valence-electron chi connectivity index (χ4n) is 6.56. The number of para-hydroxylation sites is 1. The van der Waals surface area contributed by atoms with Crippen LogP contribution < -0.4 is 4.90 Å². The summed E-state index contributed by atoms with van der Waals surface area (Å²) in [6.07, 6.45) is 0. The Balaban J connectivity index is 1.21. The van der Waals surface area contributed by atoms with Crippen molar-refractivity contribution in [2.75, 3.05) is 4.90 Å². The van der Waals surface area contributed by atoms with Gasteiger partial charge < -0.3 is 4.90 Å². The third kappa shape index (κ3) is 4.43. The molecule has 0 unspecified atom stereocenters. The predicted molar refractivity (Wildman–Crippen MR) is 198 cm³/mol. The van der Waals surface area contributed by atoms with Gasteiger partial charge in [-0.2, -0.15) is 0 Å². The second-order valence-electron chi connectivity index (χ2n) is 11.3. The number of hydrogen-bond acceptors (Lipinski definition) is 3. The van der Waals surface area contributed by atoms with Crippen LogP contribution in [0.4, 0.5) is 17.1 Å². The number of nitrogens with zero attached hydrogens (tertiary/aromatic N) is 1. The average Bonchev–Trinajstić information content (AvgIpc) is 3.69. The Labute approximate surface area is 269 Å². The van der Waals surface area contributed by atoms with E-state index in [-0.39, 0.29) is 0 Å². The summed E-state index contributed by atoms with van der Waals surface area (Å²) in [5, 5.41) is 5.28. The van der Waals surface area contributed by atoms with Crippen molar-refractivity contribution in [3.63, 3.8) is 0 Å². The second-order valence-corrected chi connectivity index (χ2v) is 13.5. The summed E-state index contributed by atoms with van der Waals surface area (Å²) in [5.74, 6) is 0. The lowest BCUT2D eigenvalue weighted by Gasteiger charge is -2.26. The highest BCUT2D eigenvalue weighted by Crippen LogP contribution is 2.48. The number of benzene rings is 7. The first kappa shape index (κ1) is 26.2. The fourth-order valence-corrected chi connectivity index (χ4v) is 8.88. The molecule has 212 valence electrons. The smallest absolute Gasteiger partial charge is 0.0640 e. The molecule has 9 rings (SSSR count). The maximum atomic E-state index is 2.41. The van der Waals surface area contributed by atoms with E-state index in [0.717, 1.165) is 11.4 Å². The fraction of sp³-hybridized carbons (Fsp3) is 0. The van der Waals surface area contributed by atoms with Gasteiger partial charge in [-0.1, -0.05) is 109 Å². The van der Waals surface area contributed by atoms with Crippen molar-refractivity contribution in [3.05, 3.63) is 164 Å². The molecule has 0 saturated carbocycles. The van der Waals surface area contributed by atoms with Crippen LogP contribution in [0.3, 0.4) is 0 Å². The van der Waals surface area contributed by atoms with Gasteiger partial charge in [-0.15, -0.1) is 22.7 Å². The van der Waals surface area contributed by atoms with Crippen LogP contribution in [-0.4, -0.2) is 0 Å². The molecule has 45 heavy (non-hydrogen) atoms. The minimum atomic E-state index is 1.14. The van der Waals surface area contributed by atoms with E-state index < -0.39 is 0 Å². The monoisotopic (exact) mass is 609 g/mol. The van der Waals surface area contributed by atoms with Gasteiger partial charge in [-0.3, -0.25) is 0 Å². The van der Waals surface area contributed by atoms with Crippen LogP contribution in [0.5, 0.6) is 0 Å². The first-order valence-corrected chi connectivity index (χ1v) is 16.8. The first-order valence-electron chi connectivity index (χ1n) is 15.2. The Morgan fingerprint density at radius 1 is 0.378 bits per heavy atom. The molecule has 2 heterocycles. The standard InChI is InChI=1S/C42H27NS2/c1-3-11-29(12-4-1)33-24-25-37(42-41(33)35-16-8-10-18-39(35)45-42)43(31-13-5-2-6-14-31)32-22-19-28(20-23-32)30-21-26-40-36(27-30)34-15-7-9-17-38(34)44-40/h1-27H. The molecular formula is C42H27NS2. The normalized spacial score (nSPS) is 11.6. The SMILES string of the molecule is c1ccc(-c2ccc(N(c3ccccc3)c3ccc(-c4ccc5sc6ccccc6c5c4)cc3)c3sc4ccccc4c23)cc1. The summed E-state index contributed by atoms with van der Waals surface area (Å²) >= 11 is 3.74. The molecule has 9 aromatic rings. The molecule has 0 saturated heterocycles. The number of anilines is 3. The van der Waals surface area contributed by atoms with Crippen LogP contribution in [0.25, 0.3) is 62.6 Å². The van der Waals surface area contributed by atoms with E-state index >= 15 is 0 Å². The van der Waals surface area contributed by atoms with Crippen LogP contribution in [0, 0.1) is 0 Å². The van der Waals surface area contributed by atoms with Gasteiger partial charge in [0.2, 0.25) is 0 Å². The van der Waals surface area contributed by atoms with Gasteiger partial charge in [-0.05, 0) is 76.9 Å². The molecule has 7 aromatic carbocycles. The Kier molecular flexibility index (Phi) is 6.26. The van der Waals surface area contributed by atoms with E-state index in [2.05, 4.69) is 169 Å². The van der Waals surface area contributed by atoms with Crippen LogP contribution in [-0.2, 0) is 0 Å². The molecule has 0 radical (unpaired) electrons. The Morgan fingerprint density at radius 3 is 1.76 bits per heavy atom. The summed E-state index contributed by atoms with van der Waals surface area (Å²) in [5.41, 5.74) is 8.44. The van der Waals surface area contributed by atoms with Crippen LogP contribution in [0.1, 0.15) is 0 Å². The lowest BCUT2D eigenvalue weighted by molar-refractivity contribution is 1.30. The largest absolute Gasteiger partial charge is 0.309 e. The minimum Gasteiger partial charge on any atom is -0.309 e. The van der Waals surface area contributed by atoms with E-state index in [9.17, 15) is 0 Å². The molecule has 1 nitrogen and oxygen atoms in total. The third-order valence-electron chi connectivity index (χ3n) is 8.68. The summed E-state index contributed by atoms with van der Waals surface area (Å²) in [4.78, 5) is 2.41. The van der Waals surface area contributed by atoms with Crippen molar-refractivity contribution < 1.29 is 0 Å². The molecule has 0 N–H and O–H groups in total. The van der Waals surface area contributed by atoms with E-state index in [1.165, 1.54) is 68.3 Å². The van der Waals surface area contributed by atoms with Crippen LogP contribution >= 0.6 is 22.7 Å². The highest BCUT2D eigenvalue weighted by molar-refractivity contribution is 7.26. The van der Waals surface area contributed by atoms with E-state index in [0.29, 0.717) is 0 Å². The zero-order chi connectivity index (χ0) is 29.7. The number of thiophene rings is 2. The Morgan fingerprint density at radius 2 is 0.978 bits per heavy atom. The predicted octanol–water partition coefficient (Wildman–Crippen LogP) is 13.2. The lowest BCUT2D eigenvalue weighted by atomic mass is 9.98. The maximum Gasteiger partial charge on any atom is 0.0640 e. The second kappa shape index (κ2) is 10.7. The van der Waals surface area contributed by atoms with Gasteiger partial charge in [0.1, 0.15) is 0 Å². The molecule has 0 aliphatic carbocycles. The van der Waals surface area contributed by atoms with Crippen molar-refractivity contribution in [2.45, 2.75) is 0 Å². The Bertz CT molecular complexity index is 2470. The van der Waals surface area contributed by atoms with Crippen LogP contribution in [0.2, 0.25) is 0 Å². The summed E-state index contributed by atoms with van der Waals surface area (Å²) in [6, 6.07) is 59.5. The summed E-state index contributed by atoms with van der Waals surface area (Å²) < 4.78 is 5.26. The number of rotatable bonds is 5. The number of hydrogen-bond donors (Lipinski definition) is 0. The van der Waals surface area contributed by atoms with Crippen molar-refractivity contribution in [3.8, 4) is 22.3 Å². The molecule has 0 fully saturated rings. The molecule has 0 spiro atoms. The summed E-state index contributed by atoms with van der Waals surface area (Å²) in [7, 11) is 0. The average molecular weight is 610 g/mol. The van der Waals surface area contributed by atoms with Crippen LogP contribution in [0.15, 0.2) is 164 Å². The molecule has 2 aromatic heterocycles. The van der Waals surface area contributed by atoms with Gasteiger partial charge in [0, 0.05) is 47.0 Å². The minimum absolute atomic E-state index is 1.14. The quantitative estimate of drug-likeness (QED) is 0.188. The third-order valence-corrected chi connectivity index (χ3v) is 11.0. The van der Waals surface area contributed by atoms with Crippen molar-refractivity contribution in [1.29, 1.82) is 0 Å². The molecule has 0 amide bonds. The molecule has 0 aliphatic heterocycles. The summed E-state index contributed by atoms with van der Waals surface area (Å²) in [6.45, 7) is 0. The zero-order valence-electron chi connectivity index (χ0n) is 24.4. The van der Waals surface area contributed by atoms with E-state index in [1.807, 2.05) is 22.7 Å². The Hall–Kier alpha value is -5.22. The molecular weight excluding hydrogens is 583 g/mol. The molecule has 3 heteroatoms. The number of fused-ring (bicyclic) bond motifs is 6. The van der Waals surface area contributed by atoms with Crippen molar-refractivity contribution in [1.82, 2.24) is 0 Å². The molecule has 0 aliphatic rings. The van der Waals surface area contributed by atoms with Gasteiger partial charge in [0.15, 0.2) is 0 Å². The van der Waals surface area contributed by atoms with E-state index in [1.54, 1.807) is 0 Å². The van der Waals surface area contributed by atoms with Gasteiger partial charge in [0.05, 0.1) is 10.4 Å². The van der Waals surface area contributed by atoms with Gasteiger partial charge in [0.25, 0.3) is 0 Å². The topological polar surface area (TPSA) is 3.24 Å².